The standard InChI is InChI=1S/C34H46O4.2C3H6O/c1-19-13-22(31(4,5)6)28(35)25(16-19)34(38,26-17-20(2)14-23(29(26)36)32(7,8)9)27-18-21(3)15-24(30(27)37)33(10,11)12;2*1-3(2)4/h13-18,35-38H,1-12H3;2*1-2H3. The molecule has 0 aliphatic carbocycles. The van der Waals surface area contributed by atoms with Crippen molar-refractivity contribution in [3.05, 3.63) is 86.5 Å². The number of aliphatic hydroxyl groups is 1. The van der Waals surface area contributed by atoms with E-state index in [9.17, 15) is 30.0 Å². The summed E-state index contributed by atoms with van der Waals surface area (Å²) in [4.78, 5) is 18.9. The zero-order valence-corrected chi connectivity index (χ0v) is 31.1. The second-order valence-corrected chi connectivity index (χ2v) is 15.9. The molecule has 0 unspecified atom stereocenters. The van der Waals surface area contributed by atoms with Gasteiger partial charge in [-0.15, -0.1) is 0 Å². The van der Waals surface area contributed by atoms with Gasteiger partial charge < -0.3 is 30.0 Å². The van der Waals surface area contributed by atoms with E-state index in [4.69, 9.17) is 0 Å². The van der Waals surface area contributed by atoms with Crippen molar-refractivity contribution in [1.29, 1.82) is 0 Å². The van der Waals surface area contributed by atoms with Gasteiger partial charge in [-0.2, -0.15) is 0 Å². The molecule has 0 aliphatic rings. The average molecular weight is 635 g/mol. The Kier molecular flexibility index (Phi) is 12.7. The van der Waals surface area contributed by atoms with Gasteiger partial charge in [-0.25, -0.2) is 0 Å². The molecule has 3 rings (SSSR count). The van der Waals surface area contributed by atoms with Crippen LogP contribution in [-0.4, -0.2) is 32.0 Å². The molecule has 0 spiro atoms. The lowest BCUT2D eigenvalue weighted by atomic mass is 9.71. The van der Waals surface area contributed by atoms with Crippen LogP contribution in [0.4, 0.5) is 0 Å². The molecular weight excluding hydrogens is 576 g/mol. The number of rotatable bonds is 3. The molecule has 0 aromatic heterocycles. The van der Waals surface area contributed by atoms with E-state index in [-0.39, 0.29) is 45.5 Å². The number of phenols is 3. The first-order chi connectivity index (χ1) is 20.6. The SMILES string of the molecule is CC(C)=O.CC(C)=O.Cc1cc(C(C)(C)C)c(O)c(C(O)(c2cc(C)cc(C(C)(C)C)c2O)c2cc(C)cc(C(C)(C)C)c2O)c1. The molecule has 0 saturated heterocycles. The molecule has 6 nitrogen and oxygen atoms in total. The Morgan fingerprint density at radius 2 is 0.587 bits per heavy atom. The third-order valence-electron chi connectivity index (χ3n) is 7.36. The number of Topliss-reactive ketones (excluding diaryl/α,β-unsaturated/α-hetero) is 2. The summed E-state index contributed by atoms with van der Waals surface area (Å²) in [7, 11) is 0. The lowest BCUT2D eigenvalue weighted by molar-refractivity contribution is -0.115. The highest BCUT2D eigenvalue weighted by atomic mass is 16.3. The van der Waals surface area contributed by atoms with E-state index >= 15 is 0 Å². The van der Waals surface area contributed by atoms with E-state index in [1.54, 1.807) is 18.2 Å². The minimum Gasteiger partial charge on any atom is -0.507 e. The normalized spacial score (nSPS) is 12.0. The molecule has 0 fully saturated rings. The summed E-state index contributed by atoms with van der Waals surface area (Å²) in [6, 6.07) is 11.0. The molecule has 46 heavy (non-hydrogen) atoms. The summed E-state index contributed by atoms with van der Waals surface area (Å²) in [6.07, 6.45) is 0. The molecular formula is C40H58O6. The Balaban J connectivity index is 0.00000118. The summed E-state index contributed by atoms with van der Waals surface area (Å²) in [5.74, 6) is 0.172. The highest BCUT2D eigenvalue weighted by molar-refractivity contribution is 5.72. The van der Waals surface area contributed by atoms with Crippen molar-refractivity contribution in [1.82, 2.24) is 0 Å². The molecule has 3 aromatic carbocycles. The number of carbonyl (C=O) groups is 2. The van der Waals surface area contributed by atoms with Crippen LogP contribution < -0.4 is 0 Å². The average Bonchev–Trinajstić information content (AvgIpc) is 2.84. The number of carbonyl (C=O) groups excluding carboxylic acids is 2. The van der Waals surface area contributed by atoms with Crippen LogP contribution in [0.3, 0.4) is 0 Å². The molecule has 0 atom stereocenters. The topological polar surface area (TPSA) is 115 Å². The molecule has 0 radical (unpaired) electrons. The fraction of sp³-hybridized carbons (Fsp3) is 0.500. The monoisotopic (exact) mass is 634 g/mol. The van der Waals surface area contributed by atoms with Crippen LogP contribution in [0.15, 0.2) is 36.4 Å². The number of ketones is 2. The third kappa shape index (κ3) is 9.68. The summed E-state index contributed by atoms with van der Waals surface area (Å²) in [5, 5.41) is 48.3. The minimum absolute atomic E-state index is 0.0537. The van der Waals surface area contributed by atoms with Gasteiger partial charge in [-0.3, -0.25) is 0 Å². The second kappa shape index (κ2) is 14.4. The van der Waals surface area contributed by atoms with Crippen molar-refractivity contribution >= 4 is 11.6 Å². The van der Waals surface area contributed by atoms with Crippen LogP contribution in [-0.2, 0) is 31.4 Å². The van der Waals surface area contributed by atoms with Crippen LogP contribution in [0, 0.1) is 20.8 Å². The van der Waals surface area contributed by atoms with Crippen LogP contribution in [0.2, 0.25) is 0 Å². The Bertz CT molecular complexity index is 1390. The van der Waals surface area contributed by atoms with Crippen molar-refractivity contribution in [3.8, 4) is 17.2 Å². The van der Waals surface area contributed by atoms with Crippen LogP contribution in [0.1, 0.15) is 140 Å². The second-order valence-electron chi connectivity index (χ2n) is 15.9. The molecule has 254 valence electrons. The van der Waals surface area contributed by atoms with Gasteiger partial charge in [0.05, 0.1) is 0 Å². The van der Waals surface area contributed by atoms with E-state index in [2.05, 4.69) is 0 Å². The zero-order valence-electron chi connectivity index (χ0n) is 31.1. The van der Waals surface area contributed by atoms with Crippen molar-refractivity contribution in [2.75, 3.05) is 0 Å². The Morgan fingerprint density at radius 1 is 0.435 bits per heavy atom. The van der Waals surface area contributed by atoms with Crippen molar-refractivity contribution in [3.63, 3.8) is 0 Å². The number of hydrogen-bond donors (Lipinski definition) is 4. The molecule has 0 heterocycles. The smallest absolute Gasteiger partial charge is 0.151 e. The number of aromatic hydroxyl groups is 3. The molecule has 3 aromatic rings. The maximum atomic E-state index is 13.0. The summed E-state index contributed by atoms with van der Waals surface area (Å²) >= 11 is 0. The van der Waals surface area contributed by atoms with Gasteiger partial charge in [0.15, 0.2) is 5.60 Å². The molecule has 0 aliphatic heterocycles. The van der Waals surface area contributed by atoms with Crippen molar-refractivity contribution in [2.45, 2.75) is 133 Å². The predicted octanol–water partition coefficient (Wildman–Crippen LogP) is 9.10. The summed E-state index contributed by atoms with van der Waals surface area (Å²) in [6.45, 7) is 30.0. The highest BCUT2D eigenvalue weighted by Gasteiger charge is 2.44. The van der Waals surface area contributed by atoms with Crippen LogP contribution in [0.5, 0.6) is 17.2 Å². The quantitative estimate of drug-likeness (QED) is 0.214. The van der Waals surface area contributed by atoms with E-state index in [1.165, 1.54) is 27.7 Å². The molecule has 0 saturated carbocycles. The minimum atomic E-state index is -2.05. The largest absolute Gasteiger partial charge is 0.507 e. The van der Waals surface area contributed by atoms with Crippen molar-refractivity contribution in [2.24, 2.45) is 0 Å². The Labute approximate surface area is 277 Å². The molecule has 4 N–H and O–H groups in total. The Morgan fingerprint density at radius 3 is 0.739 bits per heavy atom. The van der Waals surface area contributed by atoms with E-state index in [1.807, 2.05) is 101 Å². The zero-order chi connectivity index (χ0) is 36.3. The molecule has 0 amide bonds. The summed E-state index contributed by atoms with van der Waals surface area (Å²) in [5.41, 5.74) is 1.98. The maximum Gasteiger partial charge on any atom is 0.151 e. The van der Waals surface area contributed by atoms with Gasteiger partial charge in [0, 0.05) is 16.7 Å². The van der Waals surface area contributed by atoms with E-state index < -0.39 is 21.8 Å². The maximum absolute atomic E-state index is 13.0. The van der Waals surface area contributed by atoms with Crippen LogP contribution >= 0.6 is 0 Å². The van der Waals surface area contributed by atoms with Gasteiger partial charge in [-0.1, -0.05) is 97.2 Å². The fourth-order valence-corrected chi connectivity index (χ4v) is 5.31. The number of hydrogen-bond acceptors (Lipinski definition) is 6. The first kappa shape index (κ1) is 40.4. The van der Waals surface area contributed by atoms with Crippen molar-refractivity contribution < 1.29 is 30.0 Å². The molecule has 0 bridgehead atoms. The summed E-state index contributed by atoms with van der Waals surface area (Å²) < 4.78 is 0. The van der Waals surface area contributed by atoms with Gasteiger partial charge >= 0.3 is 0 Å². The lowest BCUT2D eigenvalue weighted by Crippen LogP contribution is -2.32. The number of benzene rings is 3. The number of phenolic OH excluding ortho intramolecular Hbond substituents is 3. The highest BCUT2D eigenvalue weighted by Crippen LogP contribution is 2.52. The van der Waals surface area contributed by atoms with Crippen LogP contribution in [0.25, 0.3) is 0 Å². The first-order valence-electron chi connectivity index (χ1n) is 15.8. The van der Waals surface area contributed by atoms with Gasteiger partial charge in [0.2, 0.25) is 0 Å². The van der Waals surface area contributed by atoms with E-state index in [0.717, 1.165) is 16.7 Å². The van der Waals surface area contributed by atoms with E-state index in [0.29, 0.717) is 16.7 Å². The third-order valence-corrected chi connectivity index (χ3v) is 7.36. The lowest BCUT2D eigenvalue weighted by Gasteiger charge is -2.37. The Hall–Kier alpha value is -3.64. The van der Waals surface area contributed by atoms with Gasteiger partial charge in [0.1, 0.15) is 28.8 Å². The number of aryl methyl sites for hydroxylation is 3. The predicted molar refractivity (Wildman–Crippen MR) is 189 cm³/mol. The van der Waals surface area contributed by atoms with Gasteiger partial charge in [0.25, 0.3) is 0 Å². The first-order valence-corrected chi connectivity index (χ1v) is 15.8. The fourth-order valence-electron chi connectivity index (χ4n) is 5.31. The van der Waals surface area contributed by atoms with Gasteiger partial charge in [-0.05, 0) is 99.6 Å². The molecule has 6 heteroatoms.